The summed E-state index contributed by atoms with van der Waals surface area (Å²) in [6, 6.07) is 3.56. The first-order valence-electron chi connectivity index (χ1n) is 9.51. The lowest BCUT2D eigenvalue weighted by atomic mass is 10.0. The number of hydrogen-bond acceptors (Lipinski definition) is 7. The third kappa shape index (κ3) is 3.19. The topological polar surface area (TPSA) is 121 Å². The number of imidazole rings is 1. The highest BCUT2D eigenvalue weighted by Gasteiger charge is 2.40. The molecule has 2 N–H and O–H groups in total. The van der Waals surface area contributed by atoms with Crippen molar-refractivity contribution in [2.45, 2.75) is 31.9 Å². The van der Waals surface area contributed by atoms with Gasteiger partial charge < -0.3 is 23.8 Å². The molecule has 0 saturated heterocycles. The summed E-state index contributed by atoms with van der Waals surface area (Å²) < 4.78 is 25.5. The van der Waals surface area contributed by atoms with Crippen LogP contribution in [-0.4, -0.2) is 42.4 Å². The van der Waals surface area contributed by atoms with Crippen molar-refractivity contribution in [1.29, 1.82) is 0 Å². The Hall–Kier alpha value is -3.24. The second-order valence-corrected chi connectivity index (χ2v) is 8.11. The van der Waals surface area contributed by atoms with Gasteiger partial charge >= 0.3 is 0 Å². The molecule has 0 bridgehead atoms. The number of nitrogens with zero attached hydrogens (tertiary/aromatic N) is 4. The van der Waals surface area contributed by atoms with E-state index in [1.54, 1.807) is 6.07 Å². The molecular formula is C20H17ClFN5O4. The van der Waals surface area contributed by atoms with E-state index in [2.05, 4.69) is 19.9 Å². The Morgan fingerprint density at radius 1 is 1.35 bits per heavy atom. The SMILES string of the molecule is CC(C)(O)c1nc(Cl)c(C(=O)N2CCc3[nH]cnc3[C@H]2c2nc3c(F)cccc3o2)o1. The maximum absolute atomic E-state index is 14.2. The third-order valence-electron chi connectivity index (χ3n) is 5.11. The van der Waals surface area contributed by atoms with E-state index in [1.807, 2.05) is 0 Å². The van der Waals surface area contributed by atoms with Crippen molar-refractivity contribution >= 4 is 28.6 Å². The van der Waals surface area contributed by atoms with Crippen LogP contribution in [0.4, 0.5) is 4.39 Å². The predicted molar refractivity (Wildman–Crippen MR) is 106 cm³/mol. The second-order valence-electron chi connectivity index (χ2n) is 7.75. The van der Waals surface area contributed by atoms with Gasteiger partial charge in [-0.25, -0.2) is 14.4 Å². The molecule has 0 radical (unpaired) electrons. The molecule has 1 aromatic carbocycles. The number of rotatable bonds is 3. The van der Waals surface area contributed by atoms with Crippen molar-refractivity contribution in [2.24, 2.45) is 0 Å². The number of oxazole rings is 2. The van der Waals surface area contributed by atoms with Crippen molar-refractivity contribution in [3.8, 4) is 0 Å². The van der Waals surface area contributed by atoms with Gasteiger partial charge in [-0.3, -0.25) is 4.79 Å². The van der Waals surface area contributed by atoms with Gasteiger partial charge in [-0.1, -0.05) is 17.7 Å². The van der Waals surface area contributed by atoms with Crippen LogP contribution in [-0.2, 0) is 12.0 Å². The van der Waals surface area contributed by atoms with Crippen LogP contribution in [0, 0.1) is 5.82 Å². The molecule has 31 heavy (non-hydrogen) atoms. The molecule has 0 unspecified atom stereocenters. The number of hydrogen-bond donors (Lipinski definition) is 2. The zero-order chi connectivity index (χ0) is 21.9. The zero-order valence-corrected chi connectivity index (χ0v) is 17.3. The summed E-state index contributed by atoms with van der Waals surface area (Å²) in [6.45, 7) is 3.21. The molecule has 1 amide bonds. The average Bonchev–Trinajstić information content (AvgIpc) is 3.44. The molecule has 9 nitrogen and oxygen atoms in total. The molecule has 4 aromatic rings. The van der Waals surface area contributed by atoms with E-state index in [-0.39, 0.29) is 40.3 Å². The molecule has 160 valence electrons. The average molecular weight is 446 g/mol. The molecule has 0 saturated carbocycles. The Morgan fingerprint density at radius 3 is 2.87 bits per heavy atom. The van der Waals surface area contributed by atoms with Crippen LogP contribution in [0.5, 0.6) is 0 Å². The van der Waals surface area contributed by atoms with Crippen molar-refractivity contribution in [1.82, 2.24) is 24.8 Å². The normalized spacial score (nSPS) is 16.7. The number of carbonyl (C=O) groups is 1. The summed E-state index contributed by atoms with van der Waals surface area (Å²) >= 11 is 6.15. The van der Waals surface area contributed by atoms with Gasteiger partial charge in [0.25, 0.3) is 5.91 Å². The van der Waals surface area contributed by atoms with Gasteiger partial charge in [0.15, 0.2) is 22.6 Å². The number of H-pyrrole nitrogens is 1. The molecule has 0 aliphatic carbocycles. The number of aromatic amines is 1. The Kier molecular flexibility index (Phi) is 4.38. The van der Waals surface area contributed by atoms with E-state index >= 15 is 0 Å². The molecule has 5 rings (SSSR count). The molecule has 4 heterocycles. The lowest BCUT2D eigenvalue weighted by molar-refractivity contribution is 0.0436. The number of benzene rings is 1. The van der Waals surface area contributed by atoms with Crippen molar-refractivity contribution in [3.63, 3.8) is 0 Å². The van der Waals surface area contributed by atoms with Crippen LogP contribution in [0.1, 0.15) is 53.6 Å². The highest BCUT2D eigenvalue weighted by atomic mass is 35.5. The van der Waals surface area contributed by atoms with E-state index < -0.39 is 23.4 Å². The smallest absolute Gasteiger partial charge is 0.293 e. The summed E-state index contributed by atoms with van der Waals surface area (Å²) in [4.78, 5) is 30.5. The van der Waals surface area contributed by atoms with Crippen LogP contribution in [0.25, 0.3) is 11.1 Å². The maximum atomic E-state index is 14.2. The summed E-state index contributed by atoms with van der Waals surface area (Å²) in [5, 5.41) is 9.97. The maximum Gasteiger partial charge on any atom is 0.293 e. The number of carbonyl (C=O) groups excluding carboxylic acids is 1. The standard InChI is InChI=1S/C20H17ClFN5O4/c1-20(2,29)19-26-16(21)15(31-19)18(28)27-7-6-10-13(24-8-23-10)14(27)17-25-12-9(22)4-3-5-11(12)30-17/h3-5,8,14,29H,6-7H2,1-2H3,(H,23,24)/t14-/m0/s1. The van der Waals surface area contributed by atoms with Crippen molar-refractivity contribution < 1.29 is 23.1 Å². The van der Waals surface area contributed by atoms with Gasteiger partial charge in [-0.15, -0.1) is 0 Å². The number of aromatic nitrogens is 4. The van der Waals surface area contributed by atoms with Crippen LogP contribution in [0.3, 0.4) is 0 Å². The first-order chi connectivity index (χ1) is 14.7. The molecule has 3 aromatic heterocycles. The molecule has 0 spiro atoms. The van der Waals surface area contributed by atoms with Crippen LogP contribution in [0.2, 0.25) is 5.15 Å². The monoisotopic (exact) mass is 445 g/mol. The van der Waals surface area contributed by atoms with E-state index in [0.717, 1.165) is 5.69 Å². The Bertz CT molecular complexity index is 1300. The molecule has 1 aliphatic heterocycles. The van der Waals surface area contributed by atoms with E-state index in [0.29, 0.717) is 12.1 Å². The fourth-order valence-electron chi connectivity index (χ4n) is 3.62. The van der Waals surface area contributed by atoms with Gasteiger partial charge in [0.2, 0.25) is 17.5 Å². The fraction of sp³-hybridized carbons (Fsp3) is 0.300. The number of halogens is 2. The molecule has 1 aliphatic rings. The Balaban J connectivity index is 1.61. The second kappa shape index (κ2) is 6.89. The first-order valence-corrected chi connectivity index (χ1v) is 9.89. The minimum absolute atomic E-state index is 0.0644. The highest BCUT2D eigenvalue weighted by molar-refractivity contribution is 6.32. The van der Waals surface area contributed by atoms with Crippen molar-refractivity contribution in [3.05, 3.63) is 64.4 Å². The van der Waals surface area contributed by atoms with Crippen LogP contribution in [0.15, 0.2) is 33.4 Å². The number of para-hydroxylation sites is 1. The quantitative estimate of drug-likeness (QED) is 0.496. The number of amides is 1. The fourth-order valence-corrected chi connectivity index (χ4v) is 3.82. The summed E-state index contributed by atoms with van der Waals surface area (Å²) in [6.07, 6.45) is 2.01. The zero-order valence-electron chi connectivity index (χ0n) is 16.5. The highest BCUT2D eigenvalue weighted by Crippen LogP contribution is 2.37. The lowest BCUT2D eigenvalue weighted by Crippen LogP contribution is -2.41. The predicted octanol–water partition coefficient (Wildman–Crippen LogP) is 3.35. The molecule has 11 heteroatoms. The number of nitrogens with one attached hydrogen (secondary N) is 1. The Morgan fingerprint density at radius 2 is 2.16 bits per heavy atom. The largest absolute Gasteiger partial charge is 0.438 e. The van der Waals surface area contributed by atoms with E-state index in [1.165, 1.54) is 37.2 Å². The van der Waals surface area contributed by atoms with Crippen LogP contribution >= 0.6 is 11.6 Å². The minimum Gasteiger partial charge on any atom is -0.438 e. The molecule has 1 atom stereocenters. The van der Waals surface area contributed by atoms with E-state index in [9.17, 15) is 14.3 Å². The summed E-state index contributed by atoms with van der Waals surface area (Å²) in [7, 11) is 0. The van der Waals surface area contributed by atoms with Gasteiger partial charge in [0, 0.05) is 18.7 Å². The lowest BCUT2D eigenvalue weighted by Gasteiger charge is -2.32. The van der Waals surface area contributed by atoms with E-state index in [4.69, 9.17) is 20.4 Å². The summed E-state index contributed by atoms with van der Waals surface area (Å²) in [5.74, 6) is -1.30. The third-order valence-corrected chi connectivity index (χ3v) is 5.37. The van der Waals surface area contributed by atoms with Crippen LogP contribution < -0.4 is 0 Å². The van der Waals surface area contributed by atoms with Gasteiger partial charge in [0.05, 0.1) is 12.0 Å². The van der Waals surface area contributed by atoms with Gasteiger partial charge in [-0.05, 0) is 26.0 Å². The number of fused-ring (bicyclic) bond motifs is 2. The minimum atomic E-state index is -1.42. The number of aliphatic hydroxyl groups is 1. The van der Waals surface area contributed by atoms with Crippen molar-refractivity contribution in [2.75, 3.05) is 6.54 Å². The van der Waals surface area contributed by atoms with Gasteiger partial charge in [-0.2, -0.15) is 4.98 Å². The Labute approximate surface area is 179 Å². The molecular weight excluding hydrogens is 429 g/mol. The van der Waals surface area contributed by atoms with Gasteiger partial charge in [0.1, 0.15) is 11.1 Å². The molecule has 0 fully saturated rings. The first kappa shape index (κ1) is 19.7. The summed E-state index contributed by atoms with van der Waals surface area (Å²) in [5.41, 5.74) is 0.251.